The van der Waals surface area contributed by atoms with Gasteiger partial charge in [0.15, 0.2) is 0 Å². The highest BCUT2D eigenvalue weighted by Gasteiger charge is 2.31. The Hall–Kier alpha value is -1.75. The van der Waals surface area contributed by atoms with Crippen LogP contribution in [0.3, 0.4) is 0 Å². The molecular formula is C13H17NO4. The van der Waals surface area contributed by atoms with Crippen molar-refractivity contribution in [3.05, 3.63) is 18.2 Å². The molecule has 0 radical (unpaired) electrons. The number of anilines is 1. The SMILES string of the molecule is COc1ccc(N2CC(CO)CC2=O)c(OC)c1. The standard InChI is InChI=1S/C13H17NO4/c1-17-10-3-4-11(12(6-10)18-2)14-7-9(8-15)5-13(14)16/h3-4,6,9,15H,5,7-8H2,1-2H3. The summed E-state index contributed by atoms with van der Waals surface area (Å²) in [5, 5.41) is 9.13. The van der Waals surface area contributed by atoms with Crippen molar-refractivity contribution in [2.45, 2.75) is 6.42 Å². The molecule has 5 nitrogen and oxygen atoms in total. The molecule has 1 heterocycles. The number of amides is 1. The third-order valence-corrected chi connectivity index (χ3v) is 3.14. The Bertz CT molecular complexity index is 447. The zero-order valence-electron chi connectivity index (χ0n) is 10.5. The average molecular weight is 251 g/mol. The van der Waals surface area contributed by atoms with Crippen LogP contribution in [0.4, 0.5) is 5.69 Å². The van der Waals surface area contributed by atoms with Crippen molar-refractivity contribution in [3.63, 3.8) is 0 Å². The van der Waals surface area contributed by atoms with E-state index in [1.807, 2.05) is 0 Å². The van der Waals surface area contributed by atoms with Gasteiger partial charge >= 0.3 is 0 Å². The predicted octanol–water partition coefficient (Wildman–Crippen LogP) is 1.05. The van der Waals surface area contributed by atoms with E-state index in [9.17, 15) is 4.79 Å². The van der Waals surface area contributed by atoms with Crippen LogP contribution in [-0.2, 0) is 4.79 Å². The normalized spacial score (nSPS) is 19.2. The molecule has 0 saturated carbocycles. The van der Waals surface area contributed by atoms with Gasteiger partial charge in [-0.3, -0.25) is 4.79 Å². The first-order valence-corrected chi connectivity index (χ1v) is 5.82. The van der Waals surface area contributed by atoms with Crippen LogP contribution in [0.25, 0.3) is 0 Å². The molecule has 1 N–H and O–H groups in total. The van der Waals surface area contributed by atoms with E-state index in [0.29, 0.717) is 24.5 Å². The van der Waals surface area contributed by atoms with Gasteiger partial charge in [0, 0.05) is 31.6 Å². The maximum atomic E-state index is 11.9. The van der Waals surface area contributed by atoms with E-state index < -0.39 is 0 Å². The molecular weight excluding hydrogens is 234 g/mol. The second kappa shape index (κ2) is 5.27. The third kappa shape index (κ3) is 2.26. The maximum Gasteiger partial charge on any atom is 0.227 e. The number of hydrogen-bond donors (Lipinski definition) is 1. The van der Waals surface area contributed by atoms with Gasteiger partial charge < -0.3 is 19.5 Å². The number of carbonyl (C=O) groups excluding carboxylic acids is 1. The van der Waals surface area contributed by atoms with Crippen molar-refractivity contribution in [1.29, 1.82) is 0 Å². The van der Waals surface area contributed by atoms with Crippen molar-refractivity contribution in [1.82, 2.24) is 0 Å². The maximum absolute atomic E-state index is 11.9. The van der Waals surface area contributed by atoms with E-state index in [0.717, 1.165) is 5.69 Å². The molecule has 1 aromatic carbocycles. The fraction of sp³-hybridized carbons (Fsp3) is 0.462. The molecule has 0 spiro atoms. The summed E-state index contributed by atoms with van der Waals surface area (Å²) in [6.45, 7) is 0.554. The number of nitrogens with zero attached hydrogens (tertiary/aromatic N) is 1. The van der Waals surface area contributed by atoms with E-state index in [2.05, 4.69) is 0 Å². The number of ether oxygens (including phenoxy) is 2. The lowest BCUT2D eigenvalue weighted by Crippen LogP contribution is -2.25. The van der Waals surface area contributed by atoms with Gasteiger partial charge in [-0.15, -0.1) is 0 Å². The molecule has 0 aromatic heterocycles. The summed E-state index contributed by atoms with van der Waals surface area (Å²) in [5.74, 6) is 1.30. The van der Waals surface area contributed by atoms with Gasteiger partial charge in [-0.2, -0.15) is 0 Å². The number of aliphatic hydroxyl groups excluding tert-OH is 1. The lowest BCUT2D eigenvalue weighted by atomic mass is 10.1. The van der Waals surface area contributed by atoms with Crippen molar-refractivity contribution in [3.8, 4) is 11.5 Å². The van der Waals surface area contributed by atoms with Crippen LogP contribution >= 0.6 is 0 Å². The highest BCUT2D eigenvalue weighted by atomic mass is 16.5. The largest absolute Gasteiger partial charge is 0.497 e. The minimum atomic E-state index is 0.00399. The van der Waals surface area contributed by atoms with Gasteiger partial charge in [0.1, 0.15) is 11.5 Å². The van der Waals surface area contributed by atoms with Crippen LogP contribution in [0.1, 0.15) is 6.42 Å². The monoisotopic (exact) mass is 251 g/mol. The van der Waals surface area contributed by atoms with E-state index in [1.54, 1.807) is 37.3 Å². The molecule has 0 aliphatic carbocycles. The summed E-state index contributed by atoms with van der Waals surface area (Å²) >= 11 is 0. The average Bonchev–Trinajstić information content (AvgIpc) is 2.79. The van der Waals surface area contributed by atoms with Gasteiger partial charge in [-0.05, 0) is 12.1 Å². The molecule has 98 valence electrons. The fourth-order valence-electron chi connectivity index (χ4n) is 2.14. The Balaban J connectivity index is 2.30. The molecule has 1 aromatic rings. The van der Waals surface area contributed by atoms with Crippen molar-refractivity contribution < 1.29 is 19.4 Å². The van der Waals surface area contributed by atoms with Crippen LogP contribution < -0.4 is 14.4 Å². The number of benzene rings is 1. The second-order valence-corrected chi connectivity index (χ2v) is 4.29. The Morgan fingerprint density at radius 3 is 2.72 bits per heavy atom. The molecule has 1 fully saturated rings. The molecule has 1 aliphatic rings. The molecule has 1 aliphatic heterocycles. The van der Waals surface area contributed by atoms with Crippen LogP contribution in [0, 0.1) is 5.92 Å². The predicted molar refractivity (Wildman–Crippen MR) is 67.1 cm³/mol. The summed E-state index contributed by atoms with van der Waals surface area (Å²) in [6, 6.07) is 5.33. The number of rotatable bonds is 4. The first-order chi connectivity index (χ1) is 8.69. The molecule has 1 amide bonds. The quantitative estimate of drug-likeness (QED) is 0.869. The van der Waals surface area contributed by atoms with E-state index >= 15 is 0 Å². The van der Waals surface area contributed by atoms with Crippen molar-refractivity contribution >= 4 is 11.6 Å². The lowest BCUT2D eigenvalue weighted by molar-refractivity contribution is -0.117. The topological polar surface area (TPSA) is 59.0 Å². The lowest BCUT2D eigenvalue weighted by Gasteiger charge is -2.20. The van der Waals surface area contributed by atoms with Crippen LogP contribution in [0.15, 0.2) is 18.2 Å². The summed E-state index contributed by atoms with van der Waals surface area (Å²) < 4.78 is 10.4. The Labute approximate surface area is 106 Å². The minimum absolute atomic E-state index is 0.00399. The van der Waals surface area contributed by atoms with Crippen LogP contribution in [0.5, 0.6) is 11.5 Å². The first kappa shape index (κ1) is 12.7. The van der Waals surface area contributed by atoms with E-state index in [4.69, 9.17) is 14.6 Å². The molecule has 18 heavy (non-hydrogen) atoms. The van der Waals surface area contributed by atoms with Gasteiger partial charge in [-0.1, -0.05) is 0 Å². The van der Waals surface area contributed by atoms with E-state index in [-0.39, 0.29) is 18.4 Å². The Morgan fingerprint density at radius 1 is 1.39 bits per heavy atom. The van der Waals surface area contributed by atoms with Crippen molar-refractivity contribution in [2.75, 3.05) is 32.3 Å². The molecule has 0 bridgehead atoms. The summed E-state index contributed by atoms with van der Waals surface area (Å²) in [7, 11) is 3.14. The number of methoxy groups -OCH3 is 2. The summed E-state index contributed by atoms with van der Waals surface area (Å²) in [4.78, 5) is 13.5. The highest BCUT2D eigenvalue weighted by Crippen LogP contribution is 2.35. The van der Waals surface area contributed by atoms with Crippen LogP contribution in [-0.4, -0.2) is 38.4 Å². The van der Waals surface area contributed by atoms with Gasteiger partial charge in [0.05, 0.1) is 19.9 Å². The molecule has 1 unspecified atom stereocenters. The smallest absolute Gasteiger partial charge is 0.227 e. The second-order valence-electron chi connectivity index (χ2n) is 4.29. The molecule has 1 saturated heterocycles. The van der Waals surface area contributed by atoms with Gasteiger partial charge in [0.25, 0.3) is 0 Å². The van der Waals surface area contributed by atoms with Crippen molar-refractivity contribution in [2.24, 2.45) is 5.92 Å². The van der Waals surface area contributed by atoms with Gasteiger partial charge in [0.2, 0.25) is 5.91 Å². The summed E-state index contributed by atoms with van der Waals surface area (Å²) in [6.07, 6.45) is 0.381. The Morgan fingerprint density at radius 2 is 2.17 bits per heavy atom. The molecule has 5 heteroatoms. The number of hydrogen-bond acceptors (Lipinski definition) is 4. The van der Waals surface area contributed by atoms with Crippen LogP contribution in [0.2, 0.25) is 0 Å². The van der Waals surface area contributed by atoms with Gasteiger partial charge in [-0.25, -0.2) is 0 Å². The fourth-order valence-corrected chi connectivity index (χ4v) is 2.14. The minimum Gasteiger partial charge on any atom is -0.497 e. The zero-order chi connectivity index (χ0) is 13.1. The molecule has 1 atom stereocenters. The Kier molecular flexibility index (Phi) is 3.72. The number of carbonyl (C=O) groups is 1. The van der Waals surface area contributed by atoms with E-state index in [1.165, 1.54) is 0 Å². The first-order valence-electron chi connectivity index (χ1n) is 5.82. The third-order valence-electron chi connectivity index (χ3n) is 3.14. The number of aliphatic hydroxyl groups is 1. The zero-order valence-corrected chi connectivity index (χ0v) is 10.5. The summed E-state index contributed by atoms with van der Waals surface area (Å²) in [5.41, 5.74) is 0.722. The highest BCUT2D eigenvalue weighted by molar-refractivity contribution is 5.97. The molecule has 2 rings (SSSR count).